The summed E-state index contributed by atoms with van der Waals surface area (Å²) in [7, 11) is 0. The predicted octanol–water partition coefficient (Wildman–Crippen LogP) is 4.76. The number of benzene rings is 2. The van der Waals surface area contributed by atoms with Gasteiger partial charge in [0.25, 0.3) is 0 Å². The molecular weight excluding hydrogens is 382 g/mol. The summed E-state index contributed by atoms with van der Waals surface area (Å²) in [6.07, 6.45) is 1.76. The van der Waals surface area contributed by atoms with Crippen LogP contribution in [0.15, 0.2) is 60.1 Å². The number of amides is 2. The zero-order valence-corrected chi connectivity index (χ0v) is 17.8. The van der Waals surface area contributed by atoms with Gasteiger partial charge in [0.05, 0.1) is 5.69 Å². The lowest BCUT2D eigenvalue weighted by Gasteiger charge is -2.14. The van der Waals surface area contributed by atoms with Gasteiger partial charge in [-0.15, -0.1) is 6.58 Å². The highest BCUT2D eigenvalue weighted by molar-refractivity contribution is 8.15. The lowest BCUT2D eigenvalue weighted by atomic mass is 10.1. The van der Waals surface area contributed by atoms with Crippen LogP contribution in [0, 0.1) is 20.8 Å². The van der Waals surface area contributed by atoms with E-state index in [1.807, 2.05) is 63.2 Å². The molecule has 2 amide bonds. The van der Waals surface area contributed by atoms with Crippen LogP contribution in [0.1, 0.15) is 23.1 Å². The number of nitrogens with zero attached hydrogens (tertiary/aromatic N) is 2. The maximum atomic E-state index is 12.9. The van der Waals surface area contributed by atoms with Gasteiger partial charge < -0.3 is 5.32 Å². The number of amidine groups is 1. The fourth-order valence-electron chi connectivity index (χ4n) is 3.15. The number of thioether (sulfide) groups is 1. The molecule has 0 aromatic heterocycles. The molecule has 0 radical (unpaired) electrons. The van der Waals surface area contributed by atoms with Gasteiger partial charge >= 0.3 is 0 Å². The second-order valence-electron chi connectivity index (χ2n) is 7.15. The first-order valence-corrected chi connectivity index (χ1v) is 10.4. The third-order valence-electron chi connectivity index (χ3n) is 4.58. The molecule has 3 rings (SSSR count). The van der Waals surface area contributed by atoms with Gasteiger partial charge in [-0.05, 0) is 50.1 Å². The van der Waals surface area contributed by atoms with Crippen molar-refractivity contribution in [3.05, 3.63) is 71.8 Å². The van der Waals surface area contributed by atoms with Gasteiger partial charge in [0, 0.05) is 18.7 Å². The first-order valence-electron chi connectivity index (χ1n) is 9.49. The fraction of sp³-hybridized carbons (Fsp3) is 0.261. The van der Waals surface area contributed by atoms with E-state index >= 15 is 0 Å². The van der Waals surface area contributed by atoms with Gasteiger partial charge in [-0.1, -0.05) is 47.7 Å². The van der Waals surface area contributed by atoms with Gasteiger partial charge in [0.1, 0.15) is 5.25 Å². The fourth-order valence-corrected chi connectivity index (χ4v) is 4.32. The number of aryl methyl sites for hydroxylation is 3. The Bertz CT molecular complexity index is 984. The molecule has 2 aromatic carbocycles. The number of hydrogen-bond donors (Lipinski definition) is 1. The molecular formula is C23H25N3O2S. The molecule has 0 saturated carbocycles. The van der Waals surface area contributed by atoms with Crippen LogP contribution in [-0.4, -0.2) is 33.7 Å². The highest BCUT2D eigenvalue weighted by atomic mass is 32.2. The van der Waals surface area contributed by atoms with E-state index < -0.39 is 5.25 Å². The topological polar surface area (TPSA) is 61.8 Å². The molecule has 0 spiro atoms. The summed E-state index contributed by atoms with van der Waals surface area (Å²) in [4.78, 5) is 31.7. The van der Waals surface area contributed by atoms with Crippen LogP contribution in [0.3, 0.4) is 0 Å². The zero-order valence-electron chi connectivity index (χ0n) is 16.9. The third-order valence-corrected chi connectivity index (χ3v) is 5.76. The Morgan fingerprint density at radius 2 is 1.97 bits per heavy atom. The number of carbonyl (C=O) groups is 2. The summed E-state index contributed by atoms with van der Waals surface area (Å²) in [6.45, 7) is 10.1. The number of rotatable bonds is 6. The molecule has 29 heavy (non-hydrogen) atoms. The number of nitrogens with one attached hydrogen (secondary N) is 1. The summed E-state index contributed by atoms with van der Waals surface area (Å²) in [5.74, 6) is -0.296. The Morgan fingerprint density at radius 1 is 1.21 bits per heavy atom. The van der Waals surface area contributed by atoms with E-state index in [-0.39, 0.29) is 18.2 Å². The van der Waals surface area contributed by atoms with E-state index in [0.29, 0.717) is 11.7 Å². The molecule has 1 atom stereocenters. The van der Waals surface area contributed by atoms with Crippen LogP contribution in [0.4, 0.5) is 11.4 Å². The SMILES string of the molecule is C=CCN1C(=O)[C@@H](CC(=O)Nc2ccc(C)cc2C)SC1=Nc1cccc(C)c1. The summed E-state index contributed by atoms with van der Waals surface area (Å²) in [5, 5.41) is 3.03. The highest BCUT2D eigenvalue weighted by Crippen LogP contribution is 2.32. The normalized spacial score (nSPS) is 17.6. The molecule has 0 bridgehead atoms. The van der Waals surface area contributed by atoms with Gasteiger partial charge in [-0.2, -0.15) is 0 Å². The Morgan fingerprint density at radius 3 is 2.66 bits per heavy atom. The Hall–Kier alpha value is -2.86. The van der Waals surface area contributed by atoms with E-state index in [0.717, 1.165) is 28.1 Å². The number of aliphatic imine (C=N–C) groups is 1. The zero-order chi connectivity index (χ0) is 21.0. The average Bonchev–Trinajstić information content (AvgIpc) is 2.93. The van der Waals surface area contributed by atoms with E-state index in [1.54, 1.807) is 11.0 Å². The quantitative estimate of drug-likeness (QED) is 0.703. The smallest absolute Gasteiger partial charge is 0.242 e. The summed E-state index contributed by atoms with van der Waals surface area (Å²) in [5.41, 5.74) is 4.79. The molecule has 1 heterocycles. The lowest BCUT2D eigenvalue weighted by molar-refractivity contribution is -0.127. The van der Waals surface area contributed by atoms with Gasteiger partial charge in [-0.25, -0.2) is 4.99 Å². The summed E-state index contributed by atoms with van der Waals surface area (Å²) >= 11 is 1.33. The predicted molar refractivity (Wildman–Crippen MR) is 121 cm³/mol. The minimum atomic E-state index is -0.496. The molecule has 1 fully saturated rings. The molecule has 2 aromatic rings. The monoisotopic (exact) mass is 407 g/mol. The van der Waals surface area contributed by atoms with Crippen LogP contribution in [0.5, 0.6) is 0 Å². The Labute approximate surface area is 175 Å². The van der Waals surface area contributed by atoms with Gasteiger partial charge in [-0.3, -0.25) is 14.5 Å². The van der Waals surface area contributed by atoms with E-state index in [1.165, 1.54) is 11.8 Å². The molecule has 1 aliphatic rings. The highest BCUT2D eigenvalue weighted by Gasteiger charge is 2.38. The number of hydrogen-bond acceptors (Lipinski definition) is 4. The van der Waals surface area contributed by atoms with E-state index in [4.69, 9.17) is 0 Å². The number of carbonyl (C=O) groups excluding carboxylic acids is 2. The summed E-state index contributed by atoms with van der Waals surface area (Å²) in [6, 6.07) is 13.7. The molecule has 1 saturated heterocycles. The van der Waals surface area contributed by atoms with Crippen molar-refractivity contribution in [1.82, 2.24) is 4.90 Å². The molecule has 1 N–H and O–H groups in total. The van der Waals surface area contributed by atoms with Gasteiger partial charge in [0.15, 0.2) is 5.17 Å². The van der Waals surface area contributed by atoms with Gasteiger partial charge in [0.2, 0.25) is 11.8 Å². The molecule has 150 valence electrons. The summed E-state index contributed by atoms with van der Waals surface area (Å²) < 4.78 is 0. The standard InChI is InChI=1S/C23H25N3O2S/c1-5-11-26-22(28)20(29-23(26)24-18-8-6-7-15(2)13-18)14-21(27)25-19-10-9-16(3)12-17(19)4/h5-10,12-13,20H,1,11,14H2,2-4H3,(H,25,27)/t20-/m1/s1. The van der Waals surface area contributed by atoms with Crippen molar-refractivity contribution in [2.45, 2.75) is 32.4 Å². The molecule has 6 heteroatoms. The minimum absolute atomic E-state index is 0.0945. The van der Waals surface area contributed by atoms with Crippen LogP contribution >= 0.6 is 11.8 Å². The van der Waals surface area contributed by atoms with Crippen molar-refractivity contribution in [2.24, 2.45) is 4.99 Å². The Kier molecular flexibility index (Phi) is 6.54. The molecule has 1 aliphatic heterocycles. The second-order valence-corrected chi connectivity index (χ2v) is 8.32. The van der Waals surface area contributed by atoms with E-state index in [9.17, 15) is 9.59 Å². The van der Waals surface area contributed by atoms with E-state index in [2.05, 4.69) is 16.9 Å². The number of anilines is 1. The van der Waals surface area contributed by atoms with Crippen molar-refractivity contribution in [3.8, 4) is 0 Å². The molecule has 0 aliphatic carbocycles. The Balaban J connectivity index is 1.75. The second kappa shape index (κ2) is 9.09. The maximum Gasteiger partial charge on any atom is 0.242 e. The van der Waals surface area contributed by atoms with Crippen LogP contribution in [0.2, 0.25) is 0 Å². The largest absolute Gasteiger partial charge is 0.326 e. The van der Waals surface area contributed by atoms with Crippen molar-refractivity contribution in [1.29, 1.82) is 0 Å². The average molecular weight is 408 g/mol. The lowest BCUT2D eigenvalue weighted by Crippen LogP contribution is -2.33. The van der Waals surface area contributed by atoms with Crippen LogP contribution in [-0.2, 0) is 9.59 Å². The minimum Gasteiger partial charge on any atom is -0.326 e. The van der Waals surface area contributed by atoms with Crippen molar-refractivity contribution in [3.63, 3.8) is 0 Å². The first kappa shape index (κ1) is 20.9. The molecule has 5 nitrogen and oxygen atoms in total. The molecule has 0 unspecified atom stereocenters. The van der Waals surface area contributed by atoms with Crippen LogP contribution in [0.25, 0.3) is 0 Å². The first-order chi connectivity index (χ1) is 13.9. The maximum absolute atomic E-state index is 12.9. The van der Waals surface area contributed by atoms with Crippen molar-refractivity contribution >= 4 is 40.1 Å². The van der Waals surface area contributed by atoms with Crippen molar-refractivity contribution < 1.29 is 9.59 Å². The van der Waals surface area contributed by atoms with Crippen molar-refractivity contribution in [2.75, 3.05) is 11.9 Å². The van der Waals surface area contributed by atoms with Crippen LogP contribution < -0.4 is 5.32 Å². The third kappa shape index (κ3) is 5.15.